The zero-order valence-electron chi connectivity index (χ0n) is 21.8. The van der Waals surface area contributed by atoms with Crippen LogP contribution in [0.4, 0.5) is 0 Å². The second-order valence-corrected chi connectivity index (χ2v) is 10.8. The van der Waals surface area contributed by atoms with Gasteiger partial charge < -0.3 is 5.11 Å². The Morgan fingerprint density at radius 3 is 2.24 bits per heavy atom. The molecule has 0 aliphatic heterocycles. The highest BCUT2D eigenvalue weighted by atomic mass is 16.4. The molecule has 34 heavy (non-hydrogen) atoms. The molecule has 0 radical (unpaired) electrons. The fourth-order valence-electron chi connectivity index (χ4n) is 5.61. The predicted octanol–water partition coefficient (Wildman–Crippen LogP) is 9.66. The predicted molar refractivity (Wildman–Crippen MR) is 145 cm³/mol. The first-order chi connectivity index (χ1) is 16.5. The van der Waals surface area contributed by atoms with Crippen molar-refractivity contribution < 1.29 is 9.90 Å². The lowest BCUT2D eigenvalue weighted by atomic mass is 9.76. The van der Waals surface area contributed by atoms with Crippen LogP contribution in [0.25, 0.3) is 11.1 Å². The zero-order chi connectivity index (χ0) is 24.3. The minimum absolute atomic E-state index is 0.412. The summed E-state index contributed by atoms with van der Waals surface area (Å²) in [5.74, 6) is 1.28. The largest absolute Gasteiger partial charge is 0.478 e. The lowest BCUT2D eigenvalue weighted by molar-refractivity contribution is 0.0697. The second kappa shape index (κ2) is 13.7. The summed E-state index contributed by atoms with van der Waals surface area (Å²) < 4.78 is 0. The number of carboxylic acid groups (broad SMARTS) is 1. The summed E-state index contributed by atoms with van der Waals surface area (Å²) in [5, 5.41) is 9.82. The fourth-order valence-corrected chi connectivity index (χ4v) is 5.61. The Morgan fingerprint density at radius 2 is 1.59 bits per heavy atom. The van der Waals surface area contributed by atoms with Gasteiger partial charge in [-0.25, -0.2) is 4.79 Å². The summed E-state index contributed by atoms with van der Waals surface area (Å²) in [6, 6.07) is 14.7. The molecule has 2 aromatic carbocycles. The van der Waals surface area contributed by atoms with Crippen molar-refractivity contribution >= 4 is 5.97 Å². The first-order valence-corrected chi connectivity index (χ1v) is 14.0. The van der Waals surface area contributed by atoms with Crippen LogP contribution < -0.4 is 0 Å². The van der Waals surface area contributed by atoms with E-state index in [9.17, 15) is 9.90 Å². The molecule has 1 saturated carbocycles. The second-order valence-electron chi connectivity index (χ2n) is 10.8. The Kier molecular flexibility index (Phi) is 10.7. The van der Waals surface area contributed by atoms with Crippen molar-refractivity contribution in [2.24, 2.45) is 11.8 Å². The van der Waals surface area contributed by atoms with Gasteiger partial charge in [-0.15, -0.1) is 0 Å². The summed E-state index contributed by atoms with van der Waals surface area (Å²) in [4.78, 5) is 12.0. The van der Waals surface area contributed by atoms with Crippen molar-refractivity contribution in [2.75, 3.05) is 0 Å². The van der Waals surface area contributed by atoms with Crippen molar-refractivity contribution in [2.45, 2.75) is 110 Å². The molecule has 0 amide bonds. The molecule has 1 N–H and O–H groups in total. The Hall–Kier alpha value is -2.09. The van der Waals surface area contributed by atoms with E-state index < -0.39 is 5.97 Å². The van der Waals surface area contributed by atoms with E-state index in [1.165, 1.54) is 88.2 Å². The molecule has 1 aliphatic rings. The molecule has 1 fully saturated rings. The summed E-state index contributed by atoms with van der Waals surface area (Å²) in [6.07, 6.45) is 17.1. The molecule has 0 spiro atoms. The van der Waals surface area contributed by atoms with Crippen molar-refractivity contribution in [3.63, 3.8) is 0 Å². The van der Waals surface area contributed by atoms with Gasteiger partial charge in [-0.3, -0.25) is 0 Å². The lowest BCUT2D eigenvalue weighted by Gasteiger charge is -2.29. The molecule has 0 heterocycles. The third-order valence-corrected chi connectivity index (χ3v) is 8.10. The summed E-state index contributed by atoms with van der Waals surface area (Å²) >= 11 is 0. The maximum atomic E-state index is 12.0. The summed E-state index contributed by atoms with van der Waals surface area (Å²) in [7, 11) is 0. The molecule has 0 bridgehead atoms. The number of aromatic carboxylic acids is 1. The summed E-state index contributed by atoms with van der Waals surface area (Å²) in [5.41, 5.74) is 4.95. The molecular formula is C32H46O2. The third-order valence-electron chi connectivity index (χ3n) is 8.10. The van der Waals surface area contributed by atoms with Crippen LogP contribution in [0.2, 0.25) is 0 Å². The van der Waals surface area contributed by atoms with Gasteiger partial charge in [0.25, 0.3) is 0 Å². The van der Waals surface area contributed by atoms with Crippen LogP contribution in [0.3, 0.4) is 0 Å². The fraction of sp³-hybridized carbons (Fsp3) is 0.594. The molecule has 1 atom stereocenters. The molecule has 0 aromatic heterocycles. The van der Waals surface area contributed by atoms with Crippen LogP contribution >= 0.6 is 0 Å². The normalized spacial score (nSPS) is 19.1. The van der Waals surface area contributed by atoms with Gasteiger partial charge in [0.05, 0.1) is 5.56 Å². The van der Waals surface area contributed by atoms with Gasteiger partial charge in [-0.05, 0) is 78.2 Å². The van der Waals surface area contributed by atoms with Crippen molar-refractivity contribution in [1.82, 2.24) is 0 Å². The standard InChI is InChI=1S/C32H46O2/c1-4-6-7-8-9-10-11-25-12-16-27(17-13-25)29-20-21-30(32(33)34)31(23-29)28-18-14-26(15-19-28)22-24(3)5-2/h14-15,18-21,23-25,27H,4-13,16-17,22H2,1-3H3,(H,33,34). The molecule has 0 saturated heterocycles. The average molecular weight is 463 g/mol. The van der Waals surface area contributed by atoms with Crippen LogP contribution in [0.15, 0.2) is 42.5 Å². The third kappa shape index (κ3) is 7.72. The van der Waals surface area contributed by atoms with Gasteiger partial charge in [0.2, 0.25) is 0 Å². The Labute approximate surface area is 208 Å². The molecule has 2 nitrogen and oxygen atoms in total. The van der Waals surface area contributed by atoms with E-state index >= 15 is 0 Å². The monoisotopic (exact) mass is 462 g/mol. The van der Waals surface area contributed by atoms with Crippen molar-refractivity contribution in [3.05, 3.63) is 59.2 Å². The highest BCUT2D eigenvalue weighted by molar-refractivity contribution is 5.96. The van der Waals surface area contributed by atoms with E-state index in [1.807, 2.05) is 6.07 Å². The van der Waals surface area contributed by atoms with Crippen LogP contribution in [-0.4, -0.2) is 11.1 Å². The van der Waals surface area contributed by atoms with Crippen molar-refractivity contribution in [1.29, 1.82) is 0 Å². The number of carbonyl (C=O) groups is 1. The van der Waals surface area contributed by atoms with Crippen LogP contribution in [0, 0.1) is 11.8 Å². The highest BCUT2D eigenvalue weighted by Crippen LogP contribution is 2.39. The van der Waals surface area contributed by atoms with Gasteiger partial charge in [0, 0.05) is 0 Å². The molecule has 2 aromatic rings. The van der Waals surface area contributed by atoms with Crippen molar-refractivity contribution in [3.8, 4) is 11.1 Å². The van der Waals surface area contributed by atoms with E-state index in [0.717, 1.165) is 23.5 Å². The Balaban J connectivity index is 1.62. The molecule has 3 rings (SSSR count). The quantitative estimate of drug-likeness (QED) is 0.301. The smallest absolute Gasteiger partial charge is 0.336 e. The van der Waals surface area contributed by atoms with Gasteiger partial charge >= 0.3 is 5.97 Å². The van der Waals surface area contributed by atoms with E-state index in [2.05, 4.69) is 57.2 Å². The topological polar surface area (TPSA) is 37.3 Å². The van der Waals surface area contributed by atoms with Gasteiger partial charge in [0.1, 0.15) is 0 Å². The molecular weight excluding hydrogens is 416 g/mol. The van der Waals surface area contributed by atoms with E-state index in [4.69, 9.17) is 0 Å². The number of hydrogen-bond acceptors (Lipinski definition) is 1. The van der Waals surface area contributed by atoms with E-state index in [1.54, 1.807) is 0 Å². The molecule has 1 aliphatic carbocycles. The van der Waals surface area contributed by atoms with Gasteiger partial charge in [0.15, 0.2) is 0 Å². The van der Waals surface area contributed by atoms with Gasteiger partial charge in [-0.1, -0.05) is 109 Å². The molecule has 2 heteroatoms. The average Bonchev–Trinajstić information content (AvgIpc) is 2.86. The maximum Gasteiger partial charge on any atom is 0.336 e. The van der Waals surface area contributed by atoms with E-state index in [-0.39, 0.29) is 0 Å². The number of benzene rings is 2. The number of unbranched alkanes of at least 4 members (excludes halogenated alkanes) is 5. The molecule has 186 valence electrons. The number of hydrogen-bond donors (Lipinski definition) is 1. The number of carboxylic acids is 1. The maximum absolute atomic E-state index is 12.0. The summed E-state index contributed by atoms with van der Waals surface area (Å²) in [6.45, 7) is 6.79. The van der Waals surface area contributed by atoms with Crippen LogP contribution in [-0.2, 0) is 6.42 Å². The van der Waals surface area contributed by atoms with Crippen LogP contribution in [0.5, 0.6) is 0 Å². The SMILES string of the molecule is CCCCCCCCC1CCC(c2ccc(C(=O)O)c(-c3ccc(CC(C)CC)cc3)c2)CC1. The van der Waals surface area contributed by atoms with Crippen LogP contribution in [0.1, 0.15) is 125 Å². The minimum atomic E-state index is -0.840. The highest BCUT2D eigenvalue weighted by Gasteiger charge is 2.23. The molecule has 1 unspecified atom stereocenters. The first kappa shape index (κ1) is 26.5. The van der Waals surface area contributed by atoms with Gasteiger partial charge in [-0.2, -0.15) is 0 Å². The first-order valence-electron chi connectivity index (χ1n) is 14.0. The van der Waals surface area contributed by atoms with E-state index in [0.29, 0.717) is 17.4 Å². The number of rotatable bonds is 13. The lowest BCUT2D eigenvalue weighted by Crippen LogP contribution is -2.14. The Bertz CT molecular complexity index is 874. The zero-order valence-corrected chi connectivity index (χ0v) is 21.8. The Morgan fingerprint density at radius 1 is 0.912 bits per heavy atom. The minimum Gasteiger partial charge on any atom is -0.478 e.